The molecule has 2 aromatic heterocycles. The van der Waals surface area contributed by atoms with Gasteiger partial charge in [-0.05, 0) is 39.8 Å². The van der Waals surface area contributed by atoms with Gasteiger partial charge in [-0.2, -0.15) is 5.10 Å². The number of nitrogens with zero attached hydrogens (tertiary/aromatic N) is 3. The molecule has 2 rings (SSSR count). The third-order valence-electron chi connectivity index (χ3n) is 2.84. The molecule has 0 saturated carbocycles. The Hall–Kier alpha value is -2.70. The van der Waals surface area contributed by atoms with Crippen LogP contribution in [0, 0.1) is 6.92 Å². The molecule has 0 atom stereocenters. The maximum absolute atomic E-state index is 12.1. The molecule has 2 aromatic rings. The molecular weight excluding hydrogens is 298 g/mol. The van der Waals surface area contributed by atoms with Crippen LogP contribution in [-0.4, -0.2) is 38.9 Å². The number of rotatable bonds is 4. The van der Waals surface area contributed by atoms with Crippen molar-refractivity contribution >= 4 is 11.9 Å². The van der Waals surface area contributed by atoms with Gasteiger partial charge in [0, 0.05) is 6.20 Å². The number of carbonyl (C=O) groups excluding carboxylic acids is 2. The highest BCUT2D eigenvalue weighted by Gasteiger charge is 2.20. The Morgan fingerprint density at radius 2 is 2.00 bits per heavy atom. The summed E-state index contributed by atoms with van der Waals surface area (Å²) in [6.07, 6.45) is 3.03. The third kappa shape index (κ3) is 4.38. The van der Waals surface area contributed by atoms with Gasteiger partial charge >= 0.3 is 11.9 Å². The maximum atomic E-state index is 12.1. The maximum Gasteiger partial charge on any atom is 0.344 e. The molecule has 7 nitrogen and oxygen atoms in total. The van der Waals surface area contributed by atoms with Gasteiger partial charge in [-0.1, -0.05) is 6.07 Å². The average molecular weight is 317 g/mol. The van der Waals surface area contributed by atoms with Crippen LogP contribution >= 0.6 is 0 Å². The molecule has 0 amide bonds. The second-order valence-corrected chi connectivity index (χ2v) is 5.91. The van der Waals surface area contributed by atoms with Gasteiger partial charge in [-0.25, -0.2) is 19.3 Å². The Morgan fingerprint density at radius 1 is 1.26 bits per heavy atom. The van der Waals surface area contributed by atoms with E-state index in [1.807, 2.05) is 6.07 Å². The summed E-state index contributed by atoms with van der Waals surface area (Å²) < 4.78 is 11.6. The van der Waals surface area contributed by atoms with E-state index < -0.39 is 24.1 Å². The number of carbonyl (C=O) groups is 2. The lowest BCUT2D eigenvalue weighted by Gasteiger charge is -2.19. The summed E-state index contributed by atoms with van der Waals surface area (Å²) in [5.74, 6) is -0.632. The van der Waals surface area contributed by atoms with Crippen molar-refractivity contribution in [3.8, 4) is 5.82 Å². The van der Waals surface area contributed by atoms with E-state index in [4.69, 9.17) is 9.47 Å². The van der Waals surface area contributed by atoms with Gasteiger partial charge in [0.15, 0.2) is 12.4 Å². The summed E-state index contributed by atoms with van der Waals surface area (Å²) >= 11 is 0. The highest BCUT2D eigenvalue weighted by molar-refractivity contribution is 5.91. The Balaban J connectivity index is 2.04. The van der Waals surface area contributed by atoms with E-state index in [2.05, 4.69) is 10.1 Å². The van der Waals surface area contributed by atoms with E-state index in [1.54, 1.807) is 46.0 Å². The van der Waals surface area contributed by atoms with Crippen LogP contribution in [0.5, 0.6) is 0 Å². The molecule has 23 heavy (non-hydrogen) atoms. The smallest absolute Gasteiger partial charge is 0.344 e. The molecular formula is C16H19N3O4. The molecule has 0 saturated heterocycles. The number of hydrogen-bond acceptors (Lipinski definition) is 6. The monoisotopic (exact) mass is 317 g/mol. The summed E-state index contributed by atoms with van der Waals surface area (Å²) in [4.78, 5) is 27.8. The fourth-order valence-electron chi connectivity index (χ4n) is 1.89. The zero-order chi connectivity index (χ0) is 17.0. The van der Waals surface area contributed by atoms with Gasteiger partial charge in [0.25, 0.3) is 0 Å². The lowest BCUT2D eigenvalue weighted by Crippen LogP contribution is -2.27. The molecule has 0 aliphatic rings. The van der Waals surface area contributed by atoms with Crippen LogP contribution in [0.3, 0.4) is 0 Å². The van der Waals surface area contributed by atoms with Crippen molar-refractivity contribution in [2.75, 3.05) is 6.61 Å². The molecule has 0 bridgehead atoms. The van der Waals surface area contributed by atoms with Crippen molar-refractivity contribution in [2.45, 2.75) is 33.3 Å². The van der Waals surface area contributed by atoms with Crippen molar-refractivity contribution in [1.82, 2.24) is 14.8 Å². The van der Waals surface area contributed by atoms with Crippen LogP contribution < -0.4 is 0 Å². The predicted molar refractivity (Wildman–Crippen MR) is 82.2 cm³/mol. The van der Waals surface area contributed by atoms with Crippen LogP contribution in [0.2, 0.25) is 0 Å². The van der Waals surface area contributed by atoms with Crippen molar-refractivity contribution in [3.05, 3.63) is 41.9 Å². The van der Waals surface area contributed by atoms with Gasteiger partial charge in [0.05, 0.1) is 11.9 Å². The standard InChI is InChI=1S/C16H19N3O4/c1-11-12(9-18-19(11)13-7-5-6-8-17-13)15(21)22-10-14(20)23-16(2,3)4/h5-9H,10H2,1-4H3. The van der Waals surface area contributed by atoms with Crippen molar-refractivity contribution in [3.63, 3.8) is 0 Å². The Morgan fingerprint density at radius 3 is 2.61 bits per heavy atom. The number of esters is 2. The molecule has 0 spiro atoms. The average Bonchev–Trinajstić information content (AvgIpc) is 2.86. The van der Waals surface area contributed by atoms with Crippen molar-refractivity contribution in [1.29, 1.82) is 0 Å². The van der Waals surface area contributed by atoms with Crippen LogP contribution in [-0.2, 0) is 14.3 Å². The van der Waals surface area contributed by atoms with Crippen molar-refractivity contribution in [2.24, 2.45) is 0 Å². The third-order valence-corrected chi connectivity index (χ3v) is 2.84. The normalized spacial score (nSPS) is 11.1. The van der Waals surface area contributed by atoms with Crippen molar-refractivity contribution < 1.29 is 19.1 Å². The number of aromatic nitrogens is 3. The summed E-state index contributed by atoms with van der Waals surface area (Å²) in [5, 5.41) is 4.13. The lowest BCUT2D eigenvalue weighted by molar-refractivity contribution is -0.158. The van der Waals surface area contributed by atoms with E-state index in [-0.39, 0.29) is 5.56 Å². The SMILES string of the molecule is Cc1c(C(=O)OCC(=O)OC(C)(C)C)cnn1-c1ccccn1. The van der Waals surface area contributed by atoms with Gasteiger partial charge in [-0.3, -0.25) is 0 Å². The summed E-state index contributed by atoms with van der Waals surface area (Å²) in [6.45, 7) is 6.52. The van der Waals surface area contributed by atoms with Gasteiger partial charge in [0.2, 0.25) is 0 Å². The first-order valence-corrected chi connectivity index (χ1v) is 7.13. The minimum atomic E-state index is -0.629. The fraction of sp³-hybridized carbons (Fsp3) is 0.375. The molecule has 0 N–H and O–H groups in total. The number of hydrogen-bond donors (Lipinski definition) is 0. The highest BCUT2D eigenvalue weighted by Crippen LogP contribution is 2.13. The highest BCUT2D eigenvalue weighted by atomic mass is 16.6. The first kappa shape index (κ1) is 16.7. The van der Waals surface area contributed by atoms with E-state index >= 15 is 0 Å². The summed E-state index contributed by atoms with van der Waals surface area (Å²) in [5.41, 5.74) is 0.237. The molecule has 0 aliphatic heterocycles. The molecule has 0 aliphatic carbocycles. The molecule has 0 aromatic carbocycles. The second-order valence-electron chi connectivity index (χ2n) is 5.91. The molecule has 0 fully saturated rings. The molecule has 0 unspecified atom stereocenters. The van der Waals surface area contributed by atoms with Crippen LogP contribution in [0.25, 0.3) is 5.82 Å². The topological polar surface area (TPSA) is 83.3 Å². The molecule has 2 heterocycles. The molecule has 122 valence electrons. The Labute approximate surface area is 134 Å². The van der Waals surface area contributed by atoms with Gasteiger partial charge in [-0.15, -0.1) is 0 Å². The van der Waals surface area contributed by atoms with Crippen LogP contribution in [0.4, 0.5) is 0 Å². The minimum absolute atomic E-state index is 0.277. The zero-order valence-electron chi connectivity index (χ0n) is 13.6. The lowest BCUT2D eigenvalue weighted by atomic mass is 10.2. The first-order chi connectivity index (χ1) is 10.8. The zero-order valence-corrected chi connectivity index (χ0v) is 13.6. The Bertz CT molecular complexity index is 702. The predicted octanol–water partition coefficient (Wildman–Crippen LogP) is 2.07. The van der Waals surface area contributed by atoms with E-state index in [0.29, 0.717) is 11.5 Å². The fourth-order valence-corrected chi connectivity index (χ4v) is 1.89. The number of pyridine rings is 1. The quantitative estimate of drug-likeness (QED) is 0.803. The van der Waals surface area contributed by atoms with E-state index in [0.717, 1.165) is 0 Å². The second kappa shape index (κ2) is 6.60. The number of ether oxygens (including phenoxy) is 2. The minimum Gasteiger partial charge on any atom is -0.457 e. The molecule has 7 heteroatoms. The molecule has 0 radical (unpaired) electrons. The largest absolute Gasteiger partial charge is 0.457 e. The van der Waals surface area contributed by atoms with E-state index in [1.165, 1.54) is 10.9 Å². The van der Waals surface area contributed by atoms with Gasteiger partial charge in [0.1, 0.15) is 11.2 Å². The Kier molecular flexibility index (Phi) is 4.78. The summed E-state index contributed by atoms with van der Waals surface area (Å²) in [6, 6.07) is 5.39. The van der Waals surface area contributed by atoms with Gasteiger partial charge < -0.3 is 9.47 Å². The van der Waals surface area contributed by atoms with Crippen LogP contribution in [0.1, 0.15) is 36.8 Å². The first-order valence-electron chi connectivity index (χ1n) is 7.13. The van der Waals surface area contributed by atoms with E-state index in [9.17, 15) is 9.59 Å². The summed E-state index contributed by atoms with van der Waals surface area (Å²) in [7, 11) is 0. The van der Waals surface area contributed by atoms with Crippen LogP contribution in [0.15, 0.2) is 30.6 Å².